The predicted molar refractivity (Wildman–Crippen MR) is 136 cm³/mol. The molecule has 0 saturated heterocycles. The Hall–Kier alpha value is -5.17. The van der Waals surface area contributed by atoms with Crippen molar-refractivity contribution in [3.8, 4) is 23.3 Å². The molecule has 0 aliphatic rings. The number of nitrogens with two attached hydrogens (primary N) is 1. The highest BCUT2D eigenvalue weighted by Gasteiger charge is 2.20. The molecule has 5 aromatic rings. The highest BCUT2D eigenvalue weighted by atomic mass is 19.1. The summed E-state index contributed by atoms with van der Waals surface area (Å²) in [7, 11) is 0. The zero-order chi connectivity index (χ0) is 25.8. The summed E-state index contributed by atoms with van der Waals surface area (Å²) in [5.41, 5.74) is 8.86. The zero-order valence-electron chi connectivity index (χ0n) is 19.8. The van der Waals surface area contributed by atoms with Crippen LogP contribution in [0, 0.1) is 17.1 Å². The van der Waals surface area contributed by atoms with Crippen molar-refractivity contribution in [2.24, 2.45) is 0 Å². The summed E-state index contributed by atoms with van der Waals surface area (Å²) in [6, 6.07) is 21.1. The van der Waals surface area contributed by atoms with Crippen LogP contribution in [0.2, 0.25) is 0 Å². The van der Waals surface area contributed by atoms with Gasteiger partial charge in [0.1, 0.15) is 28.8 Å². The molecule has 0 aliphatic carbocycles. The van der Waals surface area contributed by atoms with Crippen molar-refractivity contribution in [3.63, 3.8) is 0 Å². The fourth-order valence-corrected chi connectivity index (χ4v) is 4.09. The third-order valence-corrected chi connectivity index (χ3v) is 5.89. The average molecular weight is 495 g/mol. The van der Waals surface area contributed by atoms with Gasteiger partial charge in [0.15, 0.2) is 5.82 Å². The lowest BCUT2D eigenvalue weighted by Crippen LogP contribution is -2.26. The number of halogens is 1. The topological polar surface area (TPSA) is 119 Å². The number of benzene rings is 2. The Morgan fingerprint density at radius 3 is 2.41 bits per heavy atom. The standard InChI is InChI=1S/C27H23FN8O/c28-19-10-12-21(13-11-19)36-27(34-15-4-5-16-34)23(18-32-36)26(37)31-14-6-9-24-22(17-29)25(30)35(33-24)20-7-2-1-3-8-20/h1-5,7-8,10-13,15-16,18H,6,9,14,30H2,(H,31,37). The van der Waals surface area contributed by atoms with Crippen LogP contribution in [0.5, 0.6) is 0 Å². The number of anilines is 1. The number of aryl methyl sites for hydroxylation is 1. The first kappa shape index (κ1) is 23.6. The number of para-hydroxylation sites is 1. The summed E-state index contributed by atoms with van der Waals surface area (Å²) >= 11 is 0. The molecule has 3 heterocycles. The number of amides is 1. The van der Waals surface area contributed by atoms with Crippen LogP contribution >= 0.6 is 0 Å². The van der Waals surface area contributed by atoms with Crippen LogP contribution in [0.4, 0.5) is 10.2 Å². The van der Waals surface area contributed by atoms with Crippen LogP contribution in [-0.4, -0.2) is 36.6 Å². The van der Waals surface area contributed by atoms with Gasteiger partial charge in [0.05, 0.1) is 23.3 Å². The van der Waals surface area contributed by atoms with E-state index in [1.165, 1.54) is 18.3 Å². The number of nitrogens with zero attached hydrogens (tertiary/aromatic N) is 6. The van der Waals surface area contributed by atoms with Crippen LogP contribution in [-0.2, 0) is 6.42 Å². The lowest BCUT2D eigenvalue weighted by atomic mass is 10.1. The summed E-state index contributed by atoms with van der Waals surface area (Å²) in [6.07, 6.45) is 6.13. The molecular weight excluding hydrogens is 471 g/mol. The molecule has 3 N–H and O–H groups in total. The van der Waals surface area contributed by atoms with Gasteiger partial charge in [-0.1, -0.05) is 18.2 Å². The molecule has 0 saturated carbocycles. The number of carbonyl (C=O) groups excluding carboxylic acids is 1. The Labute approximate surface area is 212 Å². The maximum atomic E-state index is 13.4. The molecule has 3 aromatic heterocycles. The van der Waals surface area contributed by atoms with Crippen LogP contribution in [0.25, 0.3) is 17.2 Å². The van der Waals surface area contributed by atoms with E-state index in [0.29, 0.717) is 47.7 Å². The Bertz CT molecular complexity index is 1560. The smallest absolute Gasteiger partial charge is 0.256 e. The number of nitrogen functional groups attached to an aromatic ring is 1. The van der Waals surface area contributed by atoms with Gasteiger partial charge in [0.25, 0.3) is 5.91 Å². The average Bonchev–Trinajstić information content (AvgIpc) is 3.66. The Morgan fingerprint density at radius 2 is 1.70 bits per heavy atom. The molecule has 184 valence electrons. The van der Waals surface area contributed by atoms with E-state index in [0.717, 1.165) is 5.69 Å². The van der Waals surface area contributed by atoms with E-state index in [2.05, 4.69) is 21.6 Å². The second-order valence-electron chi connectivity index (χ2n) is 8.29. The summed E-state index contributed by atoms with van der Waals surface area (Å²) in [5, 5.41) is 21.4. The first-order chi connectivity index (χ1) is 18.1. The molecule has 2 aromatic carbocycles. The minimum absolute atomic E-state index is 0.289. The Kier molecular flexibility index (Phi) is 6.50. The molecule has 1 amide bonds. The number of hydrogen-bond acceptors (Lipinski definition) is 5. The summed E-state index contributed by atoms with van der Waals surface area (Å²) in [6.45, 7) is 0.356. The third-order valence-electron chi connectivity index (χ3n) is 5.89. The summed E-state index contributed by atoms with van der Waals surface area (Å²) < 4.78 is 18.4. The number of nitrogens with one attached hydrogen (secondary N) is 1. The summed E-state index contributed by atoms with van der Waals surface area (Å²) in [4.78, 5) is 13.1. The molecule has 0 fully saturated rings. The van der Waals surface area contributed by atoms with Crippen LogP contribution < -0.4 is 11.1 Å². The first-order valence-corrected chi connectivity index (χ1v) is 11.6. The molecule has 9 nitrogen and oxygen atoms in total. The monoisotopic (exact) mass is 494 g/mol. The van der Waals surface area contributed by atoms with Gasteiger partial charge in [-0.25, -0.2) is 13.8 Å². The lowest BCUT2D eigenvalue weighted by Gasteiger charge is -2.11. The predicted octanol–water partition coefficient (Wildman–Crippen LogP) is 3.80. The van der Waals surface area contributed by atoms with Gasteiger partial charge in [0.2, 0.25) is 0 Å². The third kappa shape index (κ3) is 4.70. The molecule has 10 heteroatoms. The number of aromatic nitrogens is 5. The fourth-order valence-electron chi connectivity index (χ4n) is 4.09. The maximum absolute atomic E-state index is 13.4. The van der Waals surface area contributed by atoms with E-state index in [1.54, 1.807) is 26.1 Å². The van der Waals surface area contributed by atoms with Crippen LogP contribution in [0.1, 0.15) is 28.0 Å². The summed E-state index contributed by atoms with van der Waals surface area (Å²) in [5.74, 6) is 0.172. The van der Waals surface area contributed by atoms with Gasteiger partial charge < -0.3 is 15.6 Å². The lowest BCUT2D eigenvalue weighted by molar-refractivity contribution is 0.0953. The van der Waals surface area contributed by atoms with Gasteiger partial charge >= 0.3 is 0 Å². The quantitative estimate of drug-likeness (QED) is 0.318. The SMILES string of the molecule is N#Cc1c(CCCNC(=O)c2cnn(-c3ccc(F)cc3)c2-n2cccc2)nn(-c2ccccc2)c1N. The molecular formula is C27H23FN8O. The van der Waals surface area contributed by atoms with Crippen molar-refractivity contribution in [1.29, 1.82) is 5.26 Å². The van der Waals surface area contributed by atoms with E-state index in [-0.39, 0.29) is 17.5 Å². The molecule has 0 atom stereocenters. The highest BCUT2D eigenvalue weighted by molar-refractivity contribution is 5.97. The number of carbonyl (C=O) groups is 1. The van der Waals surface area contributed by atoms with Crippen molar-refractivity contribution in [1.82, 2.24) is 29.4 Å². The Balaban J connectivity index is 1.30. The first-order valence-electron chi connectivity index (χ1n) is 11.6. The van der Waals surface area contributed by atoms with Gasteiger partial charge in [0, 0.05) is 18.9 Å². The van der Waals surface area contributed by atoms with Crippen LogP contribution in [0.15, 0.2) is 85.3 Å². The van der Waals surface area contributed by atoms with E-state index in [9.17, 15) is 14.4 Å². The van der Waals surface area contributed by atoms with E-state index >= 15 is 0 Å². The molecule has 37 heavy (non-hydrogen) atoms. The molecule has 0 spiro atoms. The minimum Gasteiger partial charge on any atom is -0.382 e. The van der Waals surface area contributed by atoms with Gasteiger partial charge in [-0.15, -0.1) is 0 Å². The van der Waals surface area contributed by atoms with Crippen molar-refractivity contribution >= 4 is 11.7 Å². The molecule has 0 bridgehead atoms. The van der Waals surface area contributed by atoms with E-state index < -0.39 is 0 Å². The van der Waals surface area contributed by atoms with Gasteiger partial charge in [-0.2, -0.15) is 15.5 Å². The second kappa shape index (κ2) is 10.2. The van der Waals surface area contributed by atoms with E-state index in [1.807, 2.05) is 54.9 Å². The normalized spacial score (nSPS) is 10.8. The van der Waals surface area contributed by atoms with Gasteiger partial charge in [-0.05, 0) is 61.4 Å². The highest BCUT2D eigenvalue weighted by Crippen LogP contribution is 2.22. The van der Waals surface area contributed by atoms with Crippen LogP contribution in [0.3, 0.4) is 0 Å². The van der Waals surface area contributed by atoms with Crippen molar-refractivity contribution < 1.29 is 9.18 Å². The van der Waals surface area contributed by atoms with Crippen molar-refractivity contribution in [2.45, 2.75) is 12.8 Å². The number of hydrogen-bond donors (Lipinski definition) is 2. The number of nitriles is 1. The van der Waals surface area contributed by atoms with Crippen molar-refractivity contribution in [2.75, 3.05) is 12.3 Å². The molecule has 0 aliphatic heterocycles. The Morgan fingerprint density at radius 1 is 1.00 bits per heavy atom. The van der Waals surface area contributed by atoms with E-state index in [4.69, 9.17) is 5.73 Å². The fraction of sp³-hybridized carbons (Fsp3) is 0.111. The maximum Gasteiger partial charge on any atom is 0.256 e. The second-order valence-corrected chi connectivity index (χ2v) is 8.29. The van der Waals surface area contributed by atoms with Crippen molar-refractivity contribution in [3.05, 3.63) is 108 Å². The zero-order valence-corrected chi connectivity index (χ0v) is 19.8. The molecule has 0 radical (unpaired) electrons. The minimum atomic E-state index is -0.355. The molecule has 0 unspecified atom stereocenters. The largest absolute Gasteiger partial charge is 0.382 e. The molecule has 5 rings (SSSR count). The van der Waals surface area contributed by atoms with Gasteiger partial charge in [-0.3, -0.25) is 4.79 Å². The number of rotatable bonds is 8.